The van der Waals surface area contributed by atoms with Gasteiger partial charge in [-0.2, -0.15) is 5.10 Å². The van der Waals surface area contributed by atoms with Crippen molar-refractivity contribution < 1.29 is 9.59 Å². The minimum Gasteiger partial charge on any atom is -0.295 e. The number of rotatable bonds is 3. The maximum Gasteiger partial charge on any atom is 0.273 e. The standard InChI is InChI=1S/C11H9N5O2S2/c17-8-4-3-6(13-14-8)9(18)12-11-16-15-10(20-11)7-2-1-5-19-7/h1-2,5H,3-4H2,(H,14,17)(H,12,16,18). The number of nitrogens with one attached hydrogen (secondary N) is 2. The molecule has 2 aromatic rings. The molecule has 0 unspecified atom stereocenters. The summed E-state index contributed by atoms with van der Waals surface area (Å²) in [7, 11) is 0. The number of hydrogen-bond donors (Lipinski definition) is 2. The van der Waals surface area contributed by atoms with Crippen molar-refractivity contribution in [3.05, 3.63) is 17.5 Å². The Hall–Kier alpha value is -2.13. The zero-order chi connectivity index (χ0) is 13.9. The summed E-state index contributed by atoms with van der Waals surface area (Å²) in [5, 5.41) is 17.4. The number of anilines is 1. The molecule has 1 aliphatic heterocycles. The molecular formula is C11H9N5O2S2. The minimum absolute atomic E-state index is 0.183. The molecule has 0 fully saturated rings. The van der Waals surface area contributed by atoms with Gasteiger partial charge < -0.3 is 0 Å². The van der Waals surface area contributed by atoms with Crippen LogP contribution in [0.1, 0.15) is 12.8 Å². The quantitative estimate of drug-likeness (QED) is 0.897. The van der Waals surface area contributed by atoms with E-state index in [4.69, 9.17) is 0 Å². The molecule has 1 aliphatic rings. The molecule has 0 saturated carbocycles. The highest BCUT2D eigenvalue weighted by molar-refractivity contribution is 7.23. The van der Waals surface area contributed by atoms with Crippen LogP contribution in [0.4, 0.5) is 5.13 Å². The van der Waals surface area contributed by atoms with Gasteiger partial charge >= 0.3 is 0 Å². The number of hydrogen-bond acceptors (Lipinski definition) is 7. The number of amides is 2. The lowest BCUT2D eigenvalue weighted by molar-refractivity contribution is -0.121. The topological polar surface area (TPSA) is 96.3 Å². The molecule has 2 aromatic heterocycles. The largest absolute Gasteiger partial charge is 0.295 e. The minimum atomic E-state index is -0.362. The molecule has 20 heavy (non-hydrogen) atoms. The summed E-state index contributed by atoms with van der Waals surface area (Å²) in [6.07, 6.45) is 0.594. The van der Waals surface area contributed by atoms with E-state index < -0.39 is 0 Å². The van der Waals surface area contributed by atoms with Gasteiger partial charge in [0.15, 0.2) is 5.01 Å². The highest BCUT2D eigenvalue weighted by Crippen LogP contribution is 2.29. The first-order valence-corrected chi connectivity index (χ1v) is 7.46. The van der Waals surface area contributed by atoms with E-state index in [1.165, 1.54) is 11.3 Å². The van der Waals surface area contributed by atoms with Crippen molar-refractivity contribution in [3.63, 3.8) is 0 Å². The third-order valence-electron chi connectivity index (χ3n) is 2.54. The first kappa shape index (κ1) is 12.9. The van der Waals surface area contributed by atoms with Crippen molar-refractivity contribution in [1.29, 1.82) is 0 Å². The lowest BCUT2D eigenvalue weighted by Crippen LogP contribution is -2.32. The van der Waals surface area contributed by atoms with Gasteiger partial charge in [-0.15, -0.1) is 21.5 Å². The van der Waals surface area contributed by atoms with Gasteiger partial charge in [0, 0.05) is 12.8 Å². The molecule has 3 heterocycles. The summed E-state index contributed by atoms with van der Waals surface area (Å²) >= 11 is 2.86. The molecule has 7 nitrogen and oxygen atoms in total. The maximum atomic E-state index is 11.9. The third kappa shape index (κ3) is 2.73. The summed E-state index contributed by atoms with van der Waals surface area (Å²) in [6, 6.07) is 3.87. The number of aromatic nitrogens is 2. The van der Waals surface area contributed by atoms with Crippen molar-refractivity contribution in [2.75, 3.05) is 5.32 Å². The lowest BCUT2D eigenvalue weighted by Gasteiger charge is -2.10. The van der Waals surface area contributed by atoms with Crippen LogP contribution in [0.5, 0.6) is 0 Å². The summed E-state index contributed by atoms with van der Waals surface area (Å²) in [5.74, 6) is -0.545. The average molecular weight is 307 g/mol. The van der Waals surface area contributed by atoms with Gasteiger partial charge in [-0.3, -0.25) is 14.9 Å². The van der Waals surface area contributed by atoms with Gasteiger partial charge in [0.25, 0.3) is 5.91 Å². The number of thiophene rings is 1. The summed E-state index contributed by atoms with van der Waals surface area (Å²) < 4.78 is 0. The Kier molecular flexibility index (Phi) is 3.52. The highest BCUT2D eigenvalue weighted by Gasteiger charge is 2.19. The van der Waals surface area contributed by atoms with Crippen LogP contribution in [0.25, 0.3) is 9.88 Å². The SMILES string of the molecule is O=C1CCC(C(=O)Nc2nnc(-c3cccs3)s2)=NN1. The van der Waals surface area contributed by atoms with E-state index in [0.29, 0.717) is 11.6 Å². The predicted octanol–water partition coefficient (Wildman–Crippen LogP) is 1.47. The van der Waals surface area contributed by atoms with E-state index in [0.717, 1.165) is 9.88 Å². The van der Waals surface area contributed by atoms with Gasteiger partial charge in [0.1, 0.15) is 5.71 Å². The fourth-order valence-corrected chi connectivity index (χ4v) is 3.11. The molecule has 2 N–H and O–H groups in total. The molecule has 102 valence electrons. The second-order valence-electron chi connectivity index (χ2n) is 3.94. The van der Waals surface area contributed by atoms with Crippen LogP contribution in [0.15, 0.2) is 22.6 Å². The molecule has 0 aromatic carbocycles. The molecule has 0 radical (unpaired) electrons. The fraction of sp³-hybridized carbons (Fsp3) is 0.182. The molecule has 0 spiro atoms. The van der Waals surface area contributed by atoms with Crippen molar-refractivity contribution in [3.8, 4) is 9.88 Å². The smallest absolute Gasteiger partial charge is 0.273 e. The Balaban J connectivity index is 1.69. The Morgan fingerprint density at radius 2 is 2.25 bits per heavy atom. The molecule has 0 atom stereocenters. The average Bonchev–Trinajstić information content (AvgIpc) is 3.09. The second kappa shape index (κ2) is 5.47. The van der Waals surface area contributed by atoms with Crippen molar-refractivity contribution in [2.24, 2.45) is 5.10 Å². The van der Waals surface area contributed by atoms with E-state index in [-0.39, 0.29) is 23.9 Å². The van der Waals surface area contributed by atoms with Crippen LogP contribution in [0, 0.1) is 0 Å². The fourth-order valence-electron chi connectivity index (χ4n) is 1.58. The molecule has 0 bridgehead atoms. The zero-order valence-electron chi connectivity index (χ0n) is 10.1. The lowest BCUT2D eigenvalue weighted by atomic mass is 10.2. The van der Waals surface area contributed by atoms with Crippen LogP contribution >= 0.6 is 22.7 Å². The molecule has 3 rings (SSSR count). The van der Waals surface area contributed by atoms with Crippen LogP contribution < -0.4 is 10.7 Å². The first-order chi connectivity index (χ1) is 9.72. The Morgan fingerprint density at radius 3 is 2.95 bits per heavy atom. The third-order valence-corrected chi connectivity index (χ3v) is 4.42. The van der Waals surface area contributed by atoms with Gasteiger partial charge in [-0.25, -0.2) is 5.43 Å². The van der Waals surface area contributed by atoms with E-state index in [1.807, 2.05) is 17.5 Å². The molecule has 2 amide bonds. The number of carbonyl (C=O) groups is 2. The molecule has 0 saturated heterocycles. The van der Waals surface area contributed by atoms with Crippen molar-refractivity contribution in [1.82, 2.24) is 15.6 Å². The van der Waals surface area contributed by atoms with E-state index >= 15 is 0 Å². The molecule has 9 heteroatoms. The predicted molar refractivity (Wildman–Crippen MR) is 76.7 cm³/mol. The Labute approximate surface area is 121 Å². The van der Waals surface area contributed by atoms with Gasteiger partial charge in [0.2, 0.25) is 11.0 Å². The van der Waals surface area contributed by atoms with Crippen molar-refractivity contribution in [2.45, 2.75) is 12.8 Å². The Morgan fingerprint density at radius 1 is 1.35 bits per heavy atom. The summed E-state index contributed by atoms with van der Waals surface area (Å²) in [5.41, 5.74) is 2.57. The van der Waals surface area contributed by atoms with Crippen LogP contribution in [0.2, 0.25) is 0 Å². The molecule has 0 aliphatic carbocycles. The number of carbonyl (C=O) groups excluding carboxylic acids is 2. The second-order valence-corrected chi connectivity index (χ2v) is 5.86. The van der Waals surface area contributed by atoms with E-state index in [1.54, 1.807) is 11.3 Å². The zero-order valence-corrected chi connectivity index (χ0v) is 11.8. The van der Waals surface area contributed by atoms with E-state index in [9.17, 15) is 9.59 Å². The first-order valence-electron chi connectivity index (χ1n) is 5.76. The number of hydrazone groups is 1. The highest BCUT2D eigenvalue weighted by atomic mass is 32.1. The Bertz CT molecular complexity index is 677. The van der Waals surface area contributed by atoms with Crippen molar-refractivity contribution >= 4 is 45.3 Å². The molecular weight excluding hydrogens is 298 g/mol. The van der Waals surface area contributed by atoms with E-state index in [2.05, 4.69) is 26.0 Å². The van der Waals surface area contributed by atoms with Gasteiger partial charge in [0.05, 0.1) is 4.88 Å². The van der Waals surface area contributed by atoms with Crippen LogP contribution in [-0.4, -0.2) is 27.7 Å². The number of nitrogens with zero attached hydrogens (tertiary/aromatic N) is 3. The summed E-state index contributed by atoms with van der Waals surface area (Å²) in [6.45, 7) is 0. The summed E-state index contributed by atoms with van der Waals surface area (Å²) in [4.78, 5) is 23.9. The van der Waals surface area contributed by atoms with Crippen LogP contribution in [0.3, 0.4) is 0 Å². The van der Waals surface area contributed by atoms with Gasteiger partial charge in [-0.05, 0) is 11.4 Å². The normalized spacial score (nSPS) is 14.6. The van der Waals surface area contributed by atoms with Gasteiger partial charge in [-0.1, -0.05) is 17.4 Å². The van der Waals surface area contributed by atoms with Crippen LogP contribution in [-0.2, 0) is 9.59 Å². The monoisotopic (exact) mass is 307 g/mol. The maximum absolute atomic E-state index is 11.9.